The third-order valence-electron chi connectivity index (χ3n) is 2.61. The molecule has 0 atom stereocenters. The first-order valence-corrected chi connectivity index (χ1v) is 5.33. The van der Waals surface area contributed by atoms with Gasteiger partial charge in [0.2, 0.25) is 0 Å². The molecule has 1 aromatic rings. The van der Waals surface area contributed by atoms with E-state index in [1.807, 2.05) is 20.8 Å². The van der Waals surface area contributed by atoms with Crippen molar-refractivity contribution in [2.24, 2.45) is 0 Å². The summed E-state index contributed by atoms with van der Waals surface area (Å²) in [4.78, 5) is 20.7. The van der Waals surface area contributed by atoms with Gasteiger partial charge in [-0.2, -0.15) is 0 Å². The van der Waals surface area contributed by atoms with Crippen molar-refractivity contribution >= 4 is 17.1 Å². The van der Waals surface area contributed by atoms with E-state index in [9.17, 15) is 20.2 Å². The molecule has 0 aromatic heterocycles. The van der Waals surface area contributed by atoms with Gasteiger partial charge in [-0.1, -0.05) is 20.8 Å². The van der Waals surface area contributed by atoms with Crippen LogP contribution in [0.3, 0.4) is 0 Å². The summed E-state index contributed by atoms with van der Waals surface area (Å²) in [5.74, 6) is 0. The number of benzene rings is 1. The Labute approximate surface area is 104 Å². The Morgan fingerprint density at radius 2 is 1.44 bits per heavy atom. The van der Waals surface area contributed by atoms with Gasteiger partial charge in [-0.25, -0.2) is 0 Å². The van der Waals surface area contributed by atoms with E-state index < -0.39 is 15.3 Å². The molecular formula is C11H15N3O4. The first-order chi connectivity index (χ1) is 8.18. The Balaban J connectivity index is 3.65. The third kappa shape index (κ3) is 2.55. The molecule has 0 radical (unpaired) electrons. The molecule has 0 saturated heterocycles. The van der Waals surface area contributed by atoms with Gasteiger partial charge in [0.15, 0.2) is 5.69 Å². The lowest BCUT2D eigenvalue weighted by Crippen LogP contribution is -2.13. The zero-order valence-corrected chi connectivity index (χ0v) is 10.7. The number of nitro benzene ring substituents is 2. The van der Waals surface area contributed by atoms with Crippen LogP contribution in [0.25, 0.3) is 0 Å². The molecule has 0 bridgehead atoms. The number of nitrogens with one attached hydrogen (secondary N) is 1. The maximum Gasteiger partial charge on any atom is 0.299 e. The number of rotatable bonds is 3. The van der Waals surface area contributed by atoms with E-state index in [-0.39, 0.29) is 17.1 Å². The number of nitro groups is 2. The molecule has 0 saturated carbocycles. The number of hydrogen-bond acceptors (Lipinski definition) is 5. The monoisotopic (exact) mass is 253 g/mol. The fraction of sp³-hybridized carbons (Fsp3) is 0.455. The zero-order chi connectivity index (χ0) is 14.1. The Morgan fingerprint density at radius 3 is 1.67 bits per heavy atom. The van der Waals surface area contributed by atoms with Crippen molar-refractivity contribution in [3.8, 4) is 0 Å². The molecule has 1 rings (SSSR count). The second-order valence-corrected chi connectivity index (χ2v) is 4.90. The van der Waals surface area contributed by atoms with Gasteiger partial charge >= 0.3 is 0 Å². The number of anilines is 1. The molecule has 7 heteroatoms. The summed E-state index contributed by atoms with van der Waals surface area (Å²) in [7, 11) is 1.42. The van der Waals surface area contributed by atoms with E-state index in [1.165, 1.54) is 19.2 Å². The molecule has 18 heavy (non-hydrogen) atoms. The van der Waals surface area contributed by atoms with Crippen molar-refractivity contribution in [1.29, 1.82) is 0 Å². The second kappa shape index (κ2) is 4.59. The van der Waals surface area contributed by atoms with Crippen LogP contribution < -0.4 is 5.32 Å². The maximum atomic E-state index is 11.0. The highest BCUT2D eigenvalue weighted by Crippen LogP contribution is 2.38. The molecule has 0 unspecified atom stereocenters. The molecule has 1 N–H and O–H groups in total. The SMILES string of the molecule is CNc1c([N+](=O)[O-])cc(C(C)(C)C)cc1[N+](=O)[O-]. The maximum absolute atomic E-state index is 11.0. The third-order valence-corrected chi connectivity index (χ3v) is 2.61. The standard InChI is InChI=1S/C11H15N3O4/c1-11(2,3)7-5-8(13(15)16)10(12-4)9(6-7)14(17)18/h5-6,12H,1-4H3. The Bertz CT molecular complexity index is 470. The molecule has 0 spiro atoms. The van der Waals surface area contributed by atoms with Crippen LogP contribution >= 0.6 is 0 Å². The largest absolute Gasteiger partial charge is 0.377 e. The van der Waals surface area contributed by atoms with Gasteiger partial charge in [0.25, 0.3) is 11.4 Å². The lowest BCUT2D eigenvalue weighted by atomic mass is 9.86. The number of hydrogen-bond donors (Lipinski definition) is 1. The molecule has 0 aliphatic carbocycles. The van der Waals surface area contributed by atoms with Gasteiger partial charge in [-0.05, 0) is 11.0 Å². The van der Waals surface area contributed by atoms with Gasteiger partial charge in [0.05, 0.1) is 9.85 Å². The highest BCUT2D eigenvalue weighted by Gasteiger charge is 2.29. The highest BCUT2D eigenvalue weighted by atomic mass is 16.6. The summed E-state index contributed by atoms with van der Waals surface area (Å²) in [6.07, 6.45) is 0. The van der Waals surface area contributed by atoms with E-state index in [0.717, 1.165) is 0 Å². The Morgan fingerprint density at radius 1 is 1.06 bits per heavy atom. The van der Waals surface area contributed by atoms with Crippen molar-refractivity contribution in [2.45, 2.75) is 26.2 Å². The van der Waals surface area contributed by atoms with E-state index in [0.29, 0.717) is 5.56 Å². The highest BCUT2D eigenvalue weighted by molar-refractivity contribution is 5.75. The summed E-state index contributed by atoms with van der Waals surface area (Å²) >= 11 is 0. The summed E-state index contributed by atoms with van der Waals surface area (Å²) in [5.41, 5.74) is -0.479. The molecule has 0 aliphatic heterocycles. The minimum Gasteiger partial charge on any atom is -0.377 e. The second-order valence-electron chi connectivity index (χ2n) is 4.90. The normalized spacial score (nSPS) is 11.1. The fourth-order valence-electron chi connectivity index (χ4n) is 1.59. The molecule has 1 aromatic carbocycles. The first kappa shape index (κ1) is 13.9. The van der Waals surface area contributed by atoms with Crippen LogP contribution in [0, 0.1) is 20.2 Å². The first-order valence-electron chi connectivity index (χ1n) is 5.33. The molecule has 0 amide bonds. The van der Waals surface area contributed by atoms with Gasteiger partial charge in [-0.3, -0.25) is 20.2 Å². The quantitative estimate of drug-likeness (QED) is 0.659. The summed E-state index contributed by atoms with van der Waals surface area (Å²) in [6.45, 7) is 5.53. The summed E-state index contributed by atoms with van der Waals surface area (Å²) < 4.78 is 0. The minimum absolute atomic E-state index is 0.0713. The average molecular weight is 253 g/mol. The zero-order valence-electron chi connectivity index (χ0n) is 10.7. The molecule has 0 aliphatic rings. The van der Waals surface area contributed by atoms with Crippen LogP contribution in [0.15, 0.2) is 12.1 Å². The van der Waals surface area contributed by atoms with E-state index in [4.69, 9.17) is 0 Å². The van der Waals surface area contributed by atoms with Gasteiger partial charge in [-0.15, -0.1) is 0 Å². The van der Waals surface area contributed by atoms with Crippen molar-refractivity contribution in [3.63, 3.8) is 0 Å². The smallest absolute Gasteiger partial charge is 0.299 e. The summed E-state index contributed by atoms with van der Waals surface area (Å²) in [5, 5.41) is 24.5. The van der Waals surface area contributed by atoms with Crippen molar-refractivity contribution < 1.29 is 9.85 Å². The van der Waals surface area contributed by atoms with E-state index in [2.05, 4.69) is 5.32 Å². The van der Waals surface area contributed by atoms with Gasteiger partial charge < -0.3 is 5.32 Å². The van der Waals surface area contributed by atoms with Crippen LogP contribution in [0.1, 0.15) is 26.3 Å². The lowest BCUT2D eigenvalue weighted by Gasteiger charge is -2.19. The molecule has 7 nitrogen and oxygen atoms in total. The Hall–Kier alpha value is -2.18. The molecule has 98 valence electrons. The van der Waals surface area contributed by atoms with Crippen molar-refractivity contribution in [1.82, 2.24) is 0 Å². The number of nitrogens with zero attached hydrogens (tertiary/aromatic N) is 2. The molecule has 0 heterocycles. The van der Waals surface area contributed by atoms with Crippen LogP contribution in [0.2, 0.25) is 0 Å². The Kier molecular flexibility index (Phi) is 3.54. The predicted molar refractivity (Wildman–Crippen MR) is 68.0 cm³/mol. The summed E-state index contributed by atoms with van der Waals surface area (Å²) in [6, 6.07) is 2.75. The van der Waals surface area contributed by atoms with Crippen molar-refractivity contribution in [3.05, 3.63) is 37.9 Å². The topological polar surface area (TPSA) is 98.3 Å². The fourth-order valence-corrected chi connectivity index (χ4v) is 1.59. The van der Waals surface area contributed by atoms with Crippen LogP contribution in [0.5, 0.6) is 0 Å². The average Bonchev–Trinajstić information content (AvgIpc) is 2.25. The van der Waals surface area contributed by atoms with Gasteiger partial charge in [0.1, 0.15) is 0 Å². The minimum atomic E-state index is -0.617. The lowest BCUT2D eigenvalue weighted by molar-refractivity contribution is -0.392. The van der Waals surface area contributed by atoms with Crippen LogP contribution in [-0.4, -0.2) is 16.9 Å². The predicted octanol–water partition coefficient (Wildman–Crippen LogP) is 2.84. The van der Waals surface area contributed by atoms with Crippen molar-refractivity contribution in [2.75, 3.05) is 12.4 Å². The van der Waals surface area contributed by atoms with E-state index in [1.54, 1.807) is 0 Å². The molecule has 0 fully saturated rings. The van der Waals surface area contributed by atoms with Crippen LogP contribution in [-0.2, 0) is 5.41 Å². The van der Waals surface area contributed by atoms with Gasteiger partial charge in [0, 0.05) is 19.2 Å². The molecular weight excluding hydrogens is 238 g/mol. The van der Waals surface area contributed by atoms with E-state index >= 15 is 0 Å². The van der Waals surface area contributed by atoms with Crippen LogP contribution in [0.4, 0.5) is 17.1 Å².